The zero-order valence-electron chi connectivity index (χ0n) is 29.4. The van der Waals surface area contributed by atoms with Crippen LogP contribution in [0.3, 0.4) is 0 Å². The highest BCUT2D eigenvalue weighted by Crippen LogP contribution is 2.54. The molecule has 2 aromatic rings. The van der Waals surface area contributed by atoms with Crippen LogP contribution in [0.5, 0.6) is 0 Å². The van der Waals surface area contributed by atoms with Gasteiger partial charge in [0.15, 0.2) is 0 Å². The Morgan fingerprint density at radius 1 is 0.957 bits per heavy atom. The first-order valence-electron chi connectivity index (χ1n) is 17.2. The van der Waals surface area contributed by atoms with Crippen molar-refractivity contribution in [3.05, 3.63) is 82.9 Å². The molecule has 2 aliphatic carbocycles. The second kappa shape index (κ2) is 15.1. The van der Waals surface area contributed by atoms with Crippen molar-refractivity contribution in [1.82, 2.24) is 10.6 Å². The zero-order valence-corrected chi connectivity index (χ0v) is 29.4. The number of hydrogen-bond donors (Lipinski definition) is 4. The third-order valence-corrected chi connectivity index (χ3v) is 10.7. The summed E-state index contributed by atoms with van der Waals surface area (Å²) in [6.45, 7) is 20.5. The number of nitrogens with one attached hydrogen (secondary N) is 2. The number of amides is 1. The molecule has 0 aromatic heterocycles. The fraction of sp³-hybridized carbons (Fsp3) is 0.615. The number of hydrogen-bond acceptors (Lipinski definition) is 4. The molecule has 1 amide bonds. The highest BCUT2D eigenvalue weighted by molar-refractivity contribution is 5.86. The molecule has 256 valence electrons. The molecule has 7 heteroatoms. The van der Waals surface area contributed by atoms with Gasteiger partial charge in [-0.25, -0.2) is 8.78 Å². The lowest BCUT2D eigenvalue weighted by atomic mass is 9.73. The monoisotopic (exact) mass is 640 g/mol. The van der Waals surface area contributed by atoms with E-state index in [9.17, 15) is 23.8 Å². The van der Waals surface area contributed by atoms with E-state index < -0.39 is 40.7 Å². The number of carbonyl (C=O) groups is 1. The average molecular weight is 641 g/mol. The van der Waals surface area contributed by atoms with Crippen molar-refractivity contribution >= 4 is 5.91 Å². The van der Waals surface area contributed by atoms with Gasteiger partial charge in [-0.1, -0.05) is 97.2 Å². The number of carbonyl (C=O) groups excluding carboxylic acids is 1. The predicted molar refractivity (Wildman–Crippen MR) is 184 cm³/mol. The molecule has 4 rings (SSSR count). The molecule has 0 heterocycles. The van der Waals surface area contributed by atoms with Gasteiger partial charge in [-0.15, -0.1) is 0 Å². The molecule has 2 saturated carbocycles. The van der Waals surface area contributed by atoms with Crippen LogP contribution in [-0.2, 0) is 22.2 Å². The Morgan fingerprint density at radius 2 is 1.57 bits per heavy atom. The van der Waals surface area contributed by atoms with E-state index in [-0.39, 0.29) is 29.8 Å². The predicted octanol–water partition coefficient (Wildman–Crippen LogP) is 7.87. The first-order valence-corrected chi connectivity index (χ1v) is 17.2. The van der Waals surface area contributed by atoms with Gasteiger partial charge in [0.2, 0.25) is 5.91 Å². The van der Waals surface area contributed by atoms with E-state index in [0.717, 1.165) is 38.2 Å². The van der Waals surface area contributed by atoms with Crippen LogP contribution in [0.15, 0.2) is 54.6 Å². The summed E-state index contributed by atoms with van der Waals surface area (Å²) >= 11 is 0. The maximum absolute atomic E-state index is 14.2. The molecule has 4 N–H and O–H groups in total. The van der Waals surface area contributed by atoms with Crippen molar-refractivity contribution in [3.8, 4) is 0 Å². The quantitative estimate of drug-likeness (QED) is 0.199. The molecule has 0 spiro atoms. The summed E-state index contributed by atoms with van der Waals surface area (Å²) in [6.07, 6.45) is 4.57. The van der Waals surface area contributed by atoms with E-state index in [1.54, 1.807) is 6.92 Å². The molecule has 2 fully saturated rings. The lowest BCUT2D eigenvalue weighted by molar-refractivity contribution is -0.129. The largest absolute Gasteiger partial charge is 0.393 e. The molecule has 0 saturated heterocycles. The maximum atomic E-state index is 14.2. The van der Waals surface area contributed by atoms with Gasteiger partial charge < -0.3 is 20.8 Å². The maximum Gasteiger partial charge on any atom is 0.230 e. The fourth-order valence-electron chi connectivity index (χ4n) is 7.20. The van der Waals surface area contributed by atoms with Crippen molar-refractivity contribution in [2.24, 2.45) is 10.8 Å². The molecular weight excluding hydrogens is 582 g/mol. The number of aliphatic hydroxyl groups excluding tert-OH is 2. The van der Waals surface area contributed by atoms with E-state index in [4.69, 9.17) is 0 Å². The second-order valence-corrected chi connectivity index (χ2v) is 14.9. The highest BCUT2D eigenvalue weighted by Gasteiger charge is 2.53. The fourth-order valence-corrected chi connectivity index (χ4v) is 7.20. The van der Waals surface area contributed by atoms with Crippen molar-refractivity contribution in [1.29, 1.82) is 0 Å². The highest BCUT2D eigenvalue weighted by atomic mass is 19.1. The Kier molecular flexibility index (Phi) is 12.4. The minimum Gasteiger partial charge on any atom is -0.393 e. The van der Waals surface area contributed by atoms with E-state index in [1.807, 2.05) is 27.7 Å². The molecule has 46 heavy (non-hydrogen) atoms. The Labute approximate surface area is 276 Å². The van der Waals surface area contributed by atoms with Crippen LogP contribution >= 0.6 is 0 Å². The van der Waals surface area contributed by atoms with Gasteiger partial charge in [-0.2, -0.15) is 0 Å². The summed E-state index contributed by atoms with van der Waals surface area (Å²) in [5, 5.41) is 28.9. The van der Waals surface area contributed by atoms with Crippen LogP contribution in [-0.4, -0.2) is 40.9 Å². The lowest BCUT2D eigenvalue weighted by Crippen LogP contribution is -2.55. The summed E-state index contributed by atoms with van der Waals surface area (Å²) in [6, 6.07) is 11.1. The molecule has 2 aromatic carbocycles. The lowest BCUT2D eigenvalue weighted by Gasteiger charge is -2.41. The SMILES string of the molecule is C=C1C(C)(C(=O)NC(Cc2cc(F)cc(F)c2)C(O)CNC2(c3cccc(C(C)(C)C)c3)CCCCC2)CCC1(C)C(C)O.CC. The Balaban J connectivity index is 0.00000282. The summed E-state index contributed by atoms with van der Waals surface area (Å²) in [5.41, 5.74) is 1.54. The molecule has 2 aliphatic rings. The van der Waals surface area contributed by atoms with Crippen molar-refractivity contribution in [2.45, 2.75) is 136 Å². The Hall–Kier alpha value is -2.61. The third-order valence-electron chi connectivity index (χ3n) is 10.7. The summed E-state index contributed by atoms with van der Waals surface area (Å²) in [7, 11) is 0. The molecule has 0 aliphatic heterocycles. The van der Waals surface area contributed by atoms with Gasteiger partial charge in [0.25, 0.3) is 0 Å². The normalized spacial score (nSPS) is 24.8. The summed E-state index contributed by atoms with van der Waals surface area (Å²) in [5.74, 6) is -1.72. The van der Waals surface area contributed by atoms with Crippen LogP contribution in [0.1, 0.15) is 117 Å². The second-order valence-electron chi connectivity index (χ2n) is 14.9. The first-order chi connectivity index (χ1) is 21.5. The topological polar surface area (TPSA) is 81.6 Å². The van der Waals surface area contributed by atoms with Crippen LogP contribution in [0.2, 0.25) is 0 Å². The number of rotatable bonds is 10. The number of halogens is 2. The zero-order chi connectivity index (χ0) is 34.5. The van der Waals surface area contributed by atoms with Crippen LogP contribution in [0.4, 0.5) is 8.78 Å². The van der Waals surface area contributed by atoms with E-state index in [2.05, 4.69) is 62.2 Å². The summed E-state index contributed by atoms with van der Waals surface area (Å²) < 4.78 is 28.3. The molecule has 5 unspecified atom stereocenters. The Morgan fingerprint density at radius 3 is 2.11 bits per heavy atom. The van der Waals surface area contributed by atoms with Crippen molar-refractivity contribution in [3.63, 3.8) is 0 Å². The number of benzene rings is 2. The van der Waals surface area contributed by atoms with E-state index in [0.29, 0.717) is 24.0 Å². The minimum atomic E-state index is -1.05. The van der Waals surface area contributed by atoms with Crippen LogP contribution in [0, 0.1) is 22.5 Å². The van der Waals surface area contributed by atoms with E-state index >= 15 is 0 Å². The van der Waals surface area contributed by atoms with Gasteiger partial charge in [-0.3, -0.25) is 4.79 Å². The smallest absolute Gasteiger partial charge is 0.230 e. The van der Waals surface area contributed by atoms with Crippen LogP contribution < -0.4 is 10.6 Å². The average Bonchev–Trinajstić information content (AvgIpc) is 3.26. The van der Waals surface area contributed by atoms with Crippen LogP contribution in [0.25, 0.3) is 0 Å². The third kappa shape index (κ3) is 8.26. The number of aliphatic hydroxyl groups is 2. The van der Waals surface area contributed by atoms with Gasteiger partial charge in [0.1, 0.15) is 11.6 Å². The standard InChI is InChI=1S/C37H52F2N2O3.C2H6/c1-24-35(6,25(2)42)16-17-36(24,7)33(44)41-31(20-26-18-29(38)22-30(39)19-26)32(43)23-40-37(14-9-8-10-15-37)28-13-11-12-27(21-28)34(3,4)5;1-2/h11-13,18-19,21-22,25,31-32,40,42-43H,1,8-10,14-17,20,23H2,2-7H3,(H,41,44);1-2H3. The minimum absolute atomic E-state index is 0.00869. The molecule has 0 bridgehead atoms. The van der Waals surface area contributed by atoms with Gasteiger partial charge in [-0.05, 0) is 80.2 Å². The van der Waals surface area contributed by atoms with Gasteiger partial charge >= 0.3 is 0 Å². The first kappa shape index (κ1) is 37.8. The van der Waals surface area contributed by atoms with Crippen molar-refractivity contribution < 1.29 is 23.8 Å². The van der Waals surface area contributed by atoms with Gasteiger partial charge in [0, 0.05) is 23.6 Å². The van der Waals surface area contributed by atoms with Crippen molar-refractivity contribution in [2.75, 3.05) is 6.54 Å². The van der Waals surface area contributed by atoms with E-state index in [1.165, 1.54) is 23.3 Å². The molecule has 5 atom stereocenters. The van der Waals surface area contributed by atoms with Gasteiger partial charge in [0.05, 0.1) is 23.7 Å². The Bertz CT molecular complexity index is 1330. The summed E-state index contributed by atoms with van der Waals surface area (Å²) in [4.78, 5) is 13.9. The molecular formula is C39H58F2N2O3. The molecule has 0 radical (unpaired) electrons. The molecule has 5 nitrogen and oxygen atoms in total.